The summed E-state index contributed by atoms with van der Waals surface area (Å²) in [5.41, 5.74) is 6.54. The quantitative estimate of drug-likeness (QED) is 0.497. The zero-order valence-corrected chi connectivity index (χ0v) is 15.9. The number of methoxy groups -OCH3 is 1. The standard InChI is InChI=1S/C18H11ClN4O4S/c1-26-10-3-2-8(13-9(19)6-21-7-23-13)11-12(17(20)25)16(27-15(10)11)14(24)18-22-4-5-28-18/h2-7H,1H3,(H2,20,25). The molecule has 0 saturated carbocycles. The molecule has 0 bridgehead atoms. The molecule has 0 radical (unpaired) electrons. The number of carbonyl (C=O) groups excluding carboxylic acids is 2. The van der Waals surface area contributed by atoms with Gasteiger partial charge in [0, 0.05) is 28.7 Å². The molecule has 3 aromatic heterocycles. The number of fused-ring (bicyclic) bond motifs is 1. The van der Waals surface area contributed by atoms with Crippen LogP contribution in [0.1, 0.15) is 25.9 Å². The Kier molecular flexibility index (Phi) is 4.54. The zero-order valence-electron chi connectivity index (χ0n) is 14.3. The first kappa shape index (κ1) is 18.1. The number of furan rings is 1. The number of hydrogen-bond donors (Lipinski definition) is 1. The van der Waals surface area contributed by atoms with Gasteiger partial charge in [0.05, 0.1) is 23.4 Å². The maximum absolute atomic E-state index is 12.9. The number of ketones is 1. The molecule has 4 rings (SSSR count). The number of carbonyl (C=O) groups is 2. The van der Waals surface area contributed by atoms with Crippen molar-refractivity contribution in [3.8, 4) is 17.0 Å². The Hall–Kier alpha value is -3.30. The summed E-state index contributed by atoms with van der Waals surface area (Å²) in [6, 6.07) is 3.29. The summed E-state index contributed by atoms with van der Waals surface area (Å²) in [5, 5.41) is 2.36. The summed E-state index contributed by atoms with van der Waals surface area (Å²) in [5.74, 6) is -1.28. The van der Waals surface area contributed by atoms with Crippen molar-refractivity contribution in [1.29, 1.82) is 0 Å². The number of nitrogens with two attached hydrogens (primary N) is 1. The van der Waals surface area contributed by atoms with Gasteiger partial charge in [-0.3, -0.25) is 9.59 Å². The maximum atomic E-state index is 12.9. The van der Waals surface area contributed by atoms with Crippen molar-refractivity contribution < 1.29 is 18.7 Å². The Bertz CT molecular complexity index is 1220. The molecular formula is C18H11ClN4O4S. The number of amides is 1. The predicted molar refractivity (Wildman–Crippen MR) is 103 cm³/mol. The van der Waals surface area contributed by atoms with Crippen LogP contribution in [0.5, 0.6) is 5.75 Å². The number of aromatic nitrogens is 3. The summed E-state index contributed by atoms with van der Waals surface area (Å²) < 4.78 is 11.1. The first-order valence-corrected chi connectivity index (χ1v) is 9.12. The van der Waals surface area contributed by atoms with Crippen LogP contribution in [0.25, 0.3) is 22.2 Å². The van der Waals surface area contributed by atoms with Gasteiger partial charge in [-0.1, -0.05) is 11.6 Å². The van der Waals surface area contributed by atoms with Crippen molar-refractivity contribution in [2.75, 3.05) is 7.11 Å². The Balaban J connectivity index is 2.10. The summed E-state index contributed by atoms with van der Waals surface area (Å²) in [7, 11) is 1.45. The summed E-state index contributed by atoms with van der Waals surface area (Å²) in [4.78, 5) is 37.2. The Morgan fingerprint density at radius 1 is 1.29 bits per heavy atom. The van der Waals surface area contributed by atoms with Gasteiger partial charge in [-0.15, -0.1) is 11.3 Å². The molecule has 28 heavy (non-hydrogen) atoms. The predicted octanol–water partition coefficient (Wildman–Crippen LogP) is 3.34. The van der Waals surface area contributed by atoms with Crippen LogP contribution in [-0.2, 0) is 0 Å². The van der Waals surface area contributed by atoms with Crippen LogP contribution in [-0.4, -0.2) is 33.8 Å². The van der Waals surface area contributed by atoms with Crippen molar-refractivity contribution in [1.82, 2.24) is 15.0 Å². The Morgan fingerprint density at radius 3 is 2.75 bits per heavy atom. The lowest BCUT2D eigenvalue weighted by Crippen LogP contribution is -2.15. The molecule has 0 saturated heterocycles. The minimum absolute atomic E-state index is 0.0845. The minimum Gasteiger partial charge on any atom is -0.493 e. The van der Waals surface area contributed by atoms with E-state index in [0.29, 0.717) is 17.0 Å². The maximum Gasteiger partial charge on any atom is 0.257 e. The molecule has 0 fully saturated rings. The molecule has 0 aliphatic carbocycles. The summed E-state index contributed by atoms with van der Waals surface area (Å²) in [6.07, 6.45) is 4.23. The van der Waals surface area contributed by atoms with Gasteiger partial charge in [-0.25, -0.2) is 15.0 Å². The van der Waals surface area contributed by atoms with Gasteiger partial charge >= 0.3 is 0 Å². The van der Waals surface area contributed by atoms with Crippen molar-refractivity contribution in [2.45, 2.75) is 0 Å². The lowest BCUT2D eigenvalue weighted by molar-refractivity contribution is 0.0969. The molecule has 2 N–H and O–H groups in total. The zero-order chi connectivity index (χ0) is 19.8. The van der Waals surface area contributed by atoms with Crippen LogP contribution in [0.15, 0.2) is 40.7 Å². The van der Waals surface area contributed by atoms with Crippen molar-refractivity contribution >= 4 is 45.6 Å². The smallest absolute Gasteiger partial charge is 0.257 e. The number of rotatable bonds is 5. The molecule has 140 valence electrons. The average Bonchev–Trinajstić information content (AvgIpc) is 3.35. The molecule has 1 aromatic carbocycles. The van der Waals surface area contributed by atoms with Crippen molar-refractivity contribution in [3.63, 3.8) is 0 Å². The third kappa shape index (κ3) is 2.81. The minimum atomic E-state index is -0.835. The molecule has 0 aliphatic heterocycles. The number of ether oxygens (including phenoxy) is 1. The van der Waals surface area contributed by atoms with Gasteiger partial charge < -0.3 is 14.9 Å². The molecule has 0 unspecified atom stereocenters. The van der Waals surface area contributed by atoms with E-state index in [2.05, 4.69) is 15.0 Å². The molecule has 1 amide bonds. The van der Waals surface area contributed by atoms with E-state index in [1.54, 1.807) is 17.5 Å². The molecule has 4 aromatic rings. The highest BCUT2D eigenvalue weighted by Gasteiger charge is 2.30. The number of halogens is 1. The molecule has 0 atom stereocenters. The lowest BCUT2D eigenvalue weighted by Gasteiger charge is -2.07. The molecule has 10 heteroatoms. The second-order valence-electron chi connectivity index (χ2n) is 5.58. The molecule has 3 heterocycles. The highest BCUT2D eigenvalue weighted by atomic mass is 35.5. The van der Waals surface area contributed by atoms with E-state index in [1.807, 2.05) is 0 Å². The normalized spacial score (nSPS) is 10.9. The van der Waals surface area contributed by atoms with Crippen LogP contribution in [0.3, 0.4) is 0 Å². The first-order chi connectivity index (χ1) is 13.5. The van der Waals surface area contributed by atoms with Crippen LogP contribution in [0, 0.1) is 0 Å². The topological polar surface area (TPSA) is 121 Å². The fraction of sp³-hybridized carbons (Fsp3) is 0.0556. The largest absolute Gasteiger partial charge is 0.493 e. The van der Waals surface area contributed by atoms with Crippen LogP contribution in [0.4, 0.5) is 0 Å². The third-order valence-electron chi connectivity index (χ3n) is 4.02. The number of thiazole rings is 1. The average molecular weight is 415 g/mol. The highest BCUT2D eigenvalue weighted by Crippen LogP contribution is 2.41. The third-order valence-corrected chi connectivity index (χ3v) is 5.07. The molecular weight excluding hydrogens is 404 g/mol. The molecule has 0 aliphatic rings. The summed E-state index contributed by atoms with van der Waals surface area (Å²) in [6.45, 7) is 0. The van der Waals surface area contributed by atoms with E-state index in [4.69, 9.17) is 26.5 Å². The molecule has 0 spiro atoms. The van der Waals surface area contributed by atoms with Crippen LogP contribution < -0.4 is 10.5 Å². The van der Waals surface area contributed by atoms with Gasteiger partial charge in [0.15, 0.2) is 22.1 Å². The number of hydrogen-bond acceptors (Lipinski definition) is 8. The SMILES string of the molecule is COc1ccc(-c2ncncc2Cl)c2c(C(N)=O)c(C(=O)c3nccs3)oc12. The second kappa shape index (κ2) is 7.02. The fourth-order valence-corrected chi connectivity index (χ4v) is 3.66. The number of nitrogens with zero attached hydrogens (tertiary/aromatic N) is 3. The van der Waals surface area contributed by atoms with E-state index < -0.39 is 11.7 Å². The van der Waals surface area contributed by atoms with Gasteiger partial charge in [0.1, 0.15) is 6.33 Å². The van der Waals surface area contributed by atoms with Crippen molar-refractivity contribution in [3.05, 3.63) is 57.6 Å². The van der Waals surface area contributed by atoms with Gasteiger partial charge in [0.25, 0.3) is 11.7 Å². The lowest BCUT2D eigenvalue weighted by atomic mass is 10.00. The molecule has 8 nitrogen and oxygen atoms in total. The summed E-state index contributed by atoms with van der Waals surface area (Å²) >= 11 is 7.36. The van der Waals surface area contributed by atoms with E-state index in [0.717, 1.165) is 11.3 Å². The number of benzene rings is 1. The van der Waals surface area contributed by atoms with E-state index >= 15 is 0 Å². The van der Waals surface area contributed by atoms with E-state index in [9.17, 15) is 9.59 Å². The second-order valence-corrected chi connectivity index (χ2v) is 6.88. The highest BCUT2D eigenvalue weighted by molar-refractivity contribution is 7.11. The Labute approximate surface area is 166 Å². The first-order valence-electron chi connectivity index (χ1n) is 7.86. The van der Waals surface area contributed by atoms with E-state index in [1.165, 1.54) is 25.8 Å². The monoisotopic (exact) mass is 414 g/mol. The number of primary amides is 1. The van der Waals surface area contributed by atoms with Crippen molar-refractivity contribution in [2.24, 2.45) is 5.73 Å². The van der Waals surface area contributed by atoms with Gasteiger partial charge in [0.2, 0.25) is 0 Å². The van der Waals surface area contributed by atoms with Crippen LogP contribution in [0.2, 0.25) is 5.02 Å². The van der Waals surface area contributed by atoms with E-state index in [-0.39, 0.29) is 32.3 Å². The van der Waals surface area contributed by atoms with Crippen LogP contribution >= 0.6 is 22.9 Å². The van der Waals surface area contributed by atoms with Gasteiger partial charge in [-0.05, 0) is 12.1 Å². The Morgan fingerprint density at radius 2 is 2.11 bits per heavy atom. The van der Waals surface area contributed by atoms with Gasteiger partial charge in [-0.2, -0.15) is 0 Å². The fourth-order valence-electron chi connectivity index (χ4n) is 2.88.